The summed E-state index contributed by atoms with van der Waals surface area (Å²) in [5.74, 6) is -1.34. The third kappa shape index (κ3) is 1.86. The summed E-state index contributed by atoms with van der Waals surface area (Å²) in [6.45, 7) is 1.30. The van der Waals surface area contributed by atoms with Crippen LogP contribution in [0.2, 0.25) is 0 Å². The minimum atomic E-state index is -0.487. The minimum absolute atomic E-state index is 0.304. The van der Waals surface area contributed by atoms with Crippen molar-refractivity contribution in [2.75, 3.05) is 7.05 Å². The lowest BCUT2D eigenvalue weighted by Gasteiger charge is -2.24. The van der Waals surface area contributed by atoms with E-state index in [0.29, 0.717) is 16.5 Å². The molecule has 0 aliphatic carbocycles. The van der Waals surface area contributed by atoms with Gasteiger partial charge in [-0.05, 0) is 16.8 Å². The number of carbonyl (C=O) groups excluding carboxylic acids is 3. The van der Waals surface area contributed by atoms with Crippen molar-refractivity contribution in [1.82, 2.24) is 10.0 Å². The molecule has 0 radical (unpaired) electrons. The van der Waals surface area contributed by atoms with Crippen molar-refractivity contribution < 1.29 is 14.4 Å². The van der Waals surface area contributed by atoms with Gasteiger partial charge in [0, 0.05) is 18.4 Å². The van der Waals surface area contributed by atoms with Crippen molar-refractivity contribution in [3.05, 3.63) is 45.9 Å². The van der Waals surface area contributed by atoms with Crippen LogP contribution in [0.15, 0.2) is 34.8 Å². The van der Waals surface area contributed by atoms with Gasteiger partial charge in [0.25, 0.3) is 11.8 Å². The van der Waals surface area contributed by atoms with E-state index in [1.165, 1.54) is 14.0 Å². The first kappa shape index (κ1) is 13.8. The van der Waals surface area contributed by atoms with Gasteiger partial charge in [-0.3, -0.25) is 14.4 Å². The molecule has 5 nitrogen and oxygen atoms in total. The summed E-state index contributed by atoms with van der Waals surface area (Å²) in [6.07, 6.45) is 0. The quantitative estimate of drug-likeness (QED) is 0.745. The number of amides is 3. The average molecular weight is 347 g/mol. The van der Waals surface area contributed by atoms with Crippen LogP contribution in [0.25, 0.3) is 10.8 Å². The minimum Gasteiger partial charge on any atom is -0.273 e. The van der Waals surface area contributed by atoms with Crippen molar-refractivity contribution in [3.8, 4) is 0 Å². The molecule has 2 aromatic carbocycles. The molecule has 0 saturated heterocycles. The van der Waals surface area contributed by atoms with Gasteiger partial charge in [0.1, 0.15) is 0 Å². The summed E-state index contributed by atoms with van der Waals surface area (Å²) < 4.78 is 0.741. The van der Waals surface area contributed by atoms with Gasteiger partial charge in [0.2, 0.25) is 5.91 Å². The molecule has 1 heterocycles. The second kappa shape index (κ2) is 4.66. The van der Waals surface area contributed by atoms with Gasteiger partial charge < -0.3 is 0 Å². The largest absolute Gasteiger partial charge is 0.281 e. The highest BCUT2D eigenvalue weighted by Crippen LogP contribution is 2.35. The zero-order valence-corrected chi connectivity index (χ0v) is 13.0. The number of halogens is 1. The molecule has 0 unspecified atom stereocenters. The number of hydrogen-bond donors (Lipinski definition) is 0. The third-order valence-corrected chi connectivity index (χ3v) is 4.23. The molecule has 0 N–H and O–H groups in total. The number of hydrogen-bond acceptors (Lipinski definition) is 3. The van der Waals surface area contributed by atoms with Crippen molar-refractivity contribution in [3.63, 3.8) is 0 Å². The number of carbonyl (C=O) groups is 3. The van der Waals surface area contributed by atoms with Crippen LogP contribution in [0, 0.1) is 0 Å². The van der Waals surface area contributed by atoms with Crippen LogP contribution in [0.4, 0.5) is 0 Å². The fraction of sp³-hybridized carbons (Fsp3) is 0.133. The zero-order chi connectivity index (χ0) is 15.3. The van der Waals surface area contributed by atoms with E-state index >= 15 is 0 Å². The highest BCUT2D eigenvalue weighted by molar-refractivity contribution is 9.10. The molecule has 0 spiro atoms. The van der Waals surface area contributed by atoms with Crippen molar-refractivity contribution in [2.24, 2.45) is 0 Å². The van der Waals surface area contributed by atoms with Gasteiger partial charge in [-0.15, -0.1) is 0 Å². The summed E-state index contributed by atoms with van der Waals surface area (Å²) in [5, 5.41) is 3.46. The van der Waals surface area contributed by atoms with Crippen LogP contribution in [0.3, 0.4) is 0 Å². The monoisotopic (exact) mass is 346 g/mol. The predicted octanol–water partition coefficient (Wildman–Crippen LogP) is 2.59. The Morgan fingerprint density at radius 1 is 1.14 bits per heavy atom. The number of rotatable bonds is 1. The van der Waals surface area contributed by atoms with Crippen LogP contribution in [-0.2, 0) is 4.79 Å². The molecule has 0 fully saturated rings. The first-order chi connectivity index (χ1) is 9.93. The van der Waals surface area contributed by atoms with Crippen LogP contribution in [0.5, 0.6) is 0 Å². The SMILES string of the molecule is CC(=O)N(C)N1C(=O)c2cc(Br)c3ccccc3c2C1=O. The fourth-order valence-electron chi connectivity index (χ4n) is 2.46. The van der Waals surface area contributed by atoms with Crippen LogP contribution in [0.1, 0.15) is 27.6 Å². The van der Waals surface area contributed by atoms with Gasteiger partial charge in [-0.25, -0.2) is 5.01 Å². The van der Waals surface area contributed by atoms with E-state index in [1.807, 2.05) is 18.2 Å². The van der Waals surface area contributed by atoms with Crippen LogP contribution in [-0.4, -0.2) is 34.8 Å². The second-order valence-corrected chi connectivity index (χ2v) is 5.65. The lowest BCUT2D eigenvalue weighted by Crippen LogP contribution is -2.46. The van der Waals surface area contributed by atoms with Crippen molar-refractivity contribution in [2.45, 2.75) is 6.92 Å². The molecule has 0 atom stereocenters. The second-order valence-electron chi connectivity index (χ2n) is 4.79. The van der Waals surface area contributed by atoms with Crippen molar-refractivity contribution in [1.29, 1.82) is 0 Å². The van der Waals surface area contributed by atoms with E-state index in [1.54, 1.807) is 12.1 Å². The lowest BCUT2D eigenvalue weighted by molar-refractivity contribution is -0.136. The summed E-state index contributed by atoms with van der Waals surface area (Å²) in [5.41, 5.74) is 0.644. The Hall–Kier alpha value is -2.21. The average Bonchev–Trinajstić information content (AvgIpc) is 2.70. The molecule has 1 aliphatic rings. The molecule has 0 bridgehead atoms. The maximum Gasteiger partial charge on any atom is 0.281 e. The summed E-state index contributed by atoms with van der Waals surface area (Å²) >= 11 is 3.42. The Morgan fingerprint density at radius 3 is 2.38 bits per heavy atom. The number of hydrazine groups is 1. The van der Waals surface area contributed by atoms with Gasteiger partial charge >= 0.3 is 0 Å². The Bertz CT molecular complexity index is 816. The smallest absolute Gasteiger partial charge is 0.273 e. The van der Waals surface area contributed by atoms with Gasteiger partial charge in [0.05, 0.1) is 11.1 Å². The topological polar surface area (TPSA) is 57.7 Å². The number of benzene rings is 2. The van der Waals surface area contributed by atoms with E-state index in [-0.39, 0.29) is 5.91 Å². The van der Waals surface area contributed by atoms with Crippen LogP contribution < -0.4 is 0 Å². The maximum atomic E-state index is 12.6. The van der Waals surface area contributed by atoms with Gasteiger partial charge in [0.15, 0.2) is 0 Å². The molecule has 21 heavy (non-hydrogen) atoms. The molecule has 1 aliphatic heterocycles. The third-order valence-electron chi connectivity index (χ3n) is 3.58. The van der Waals surface area contributed by atoms with Gasteiger partial charge in [-0.2, -0.15) is 5.01 Å². The summed E-state index contributed by atoms with van der Waals surface area (Å²) in [7, 11) is 1.40. The molecule has 106 valence electrons. The normalized spacial score (nSPS) is 13.8. The lowest BCUT2D eigenvalue weighted by atomic mass is 10.0. The number of fused-ring (bicyclic) bond motifs is 3. The highest BCUT2D eigenvalue weighted by Gasteiger charge is 2.40. The number of imide groups is 1. The Morgan fingerprint density at radius 2 is 1.76 bits per heavy atom. The van der Waals surface area contributed by atoms with E-state index in [9.17, 15) is 14.4 Å². The fourth-order valence-corrected chi connectivity index (χ4v) is 3.03. The molecular formula is C15H11BrN2O3. The predicted molar refractivity (Wildman–Crippen MR) is 80.6 cm³/mol. The summed E-state index contributed by atoms with van der Waals surface area (Å²) in [4.78, 5) is 36.5. The standard InChI is InChI=1S/C15H11BrN2O3/c1-8(19)17(2)18-14(20)11-7-12(16)9-5-3-4-6-10(9)13(11)15(18)21/h3-7H,1-2H3. The van der Waals surface area contributed by atoms with Crippen molar-refractivity contribution >= 4 is 44.4 Å². The molecule has 0 aromatic heterocycles. The number of nitrogens with zero attached hydrogens (tertiary/aromatic N) is 2. The zero-order valence-electron chi connectivity index (χ0n) is 11.4. The first-order valence-corrected chi connectivity index (χ1v) is 7.07. The maximum absolute atomic E-state index is 12.6. The first-order valence-electron chi connectivity index (χ1n) is 6.27. The Balaban J connectivity index is 2.28. The molecule has 0 saturated carbocycles. The van der Waals surface area contributed by atoms with E-state index in [2.05, 4.69) is 15.9 Å². The van der Waals surface area contributed by atoms with Crippen LogP contribution >= 0.6 is 15.9 Å². The van der Waals surface area contributed by atoms with Gasteiger partial charge in [-0.1, -0.05) is 40.2 Å². The van der Waals surface area contributed by atoms with E-state index < -0.39 is 11.8 Å². The molecule has 2 aromatic rings. The summed E-state index contributed by atoms with van der Waals surface area (Å²) in [6, 6.07) is 8.96. The van der Waals surface area contributed by atoms with E-state index in [4.69, 9.17) is 0 Å². The Labute approximate surface area is 129 Å². The molecule has 6 heteroatoms. The molecule has 3 amide bonds. The Kier molecular flexibility index (Phi) is 3.06. The molecular weight excluding hydrogens is 336 g/mol. The van der Waals surface area contributed by atoms with E-state index in [0.717, 1.165) is 19.9 Å². The highest BCUT2D eigenvalue weighted by atomic mass is 79.9. The molecule has 3 rings (SSSR count).